The van der Waals surface area contributed by atoms with Crippen LogP contribution in [0.5, 0.6) is 5.75 Å². The molecule has 0 bridgehead atoms. The van der Waals surface area contributed by atoms with Gasteiger partial charge in [-0.05, 0) is 60.2 Å². The first-order chi connectivity index (χ1) is 18.7. The summed E-state index contributed by atoms with van der Waals surface area (Å²) in [4.78, 5) is 14.1. The number of alkyl halides is 3. The van der Waals surface area contributed by atoms with Crippen molar-refractivity contribution in [2.24, 2.45) is 0 Å². The van der Waals surface area contributed by atoms with Gasteiger partial charge in [0.25, 0.3) is 0 Å². The summed E-state index contributed by atoms with van der Waals surface area (Å²) in [5.74, 6) is 0.0596. The van der Waals surface area contributed by atoms with Crippen LogP contribution in [0, 0.1) is 0 Å². The van der Waals surface area contributed by atoms with Crippen molar-refractivity contribution in [3.8, 4) is 5.75 Å². The van der Waals surface area contributed by atoms with Crippen LogP contribution in [0.25, 0.3) is 0 Å². The number of hydrogen-bond donors (Lipinski definition) is 3. The second kappa shape index (κ2) is 12.7. The summed E-state index contributed by atoms with van der Waals surface area (Å²) in [7, 11) is 1.57. The lowest BCUT2D eigenvalue weighted by Crippen LogP contribution is -2.21. The van der Waals surface area contributed by atoms with Crippen LogP contribution in [0.1, 0.15) is 16.4 Å². The van der Waals surface area contributed by atoms with E-state index in [2.05, 4.69) is 16.0 Å². The molecule has 200 valence electrons. The third-order valence-electron chi connectivity index (χ3n) is 5.53. The zero-order chi connectivity index (χ0) is 27.8. The second-order valence-corrected chi connectivity index (χ2v) is 9.84. The molecule has 0 aliphatic rings. The number of thioether (sulfide) groups is 1. The van der Waals surface area contributed by atoms with E-state index in [-0.39, 0.29) is 5.69 Å². The first kappa shape index (κ1) is 28.0. The molecule has 10 heteroatoms. The van der Waals surface area contributed by atoms with Crippen molar-refractivity contribution < 1.29 is 22.7 Å². The van der Waals surface area contributed by atoms with Crippen molar-refractivity contribution in [2.45, 2.75) is 16.3 Å². The van der Waals surface area contributed by atoms with Crippen LogP contribution in [0.15, 0.2) is 108 Å². The molecule has 1 atom stereocenters. The van der Waals surface area contributed by atoms with Crippen molar-refractivity contribution in [1.29, 1.82) is 0 Å². The topological polar surface area (TPSA) is 62.4 Å². The maximum absolute atomic E-state index is 13.5. The number of ether oxygens (including phenoxy) is 1. The van der Waals surface area contributed by atoms with E-state index in [1.165, 1.54) is 30.0 Å². The number of carbonyl (C=O) groups excluding carboxylic acids is 1. The Morgan fingerprint density at radius 1 is 0.821 bits per heavy atom. The molecule has 4 aromatic rings. The summed E-state index contributed by atoms with van der Waals surface area (Å²) in [6, 6.07) is 28.4. The van der Waals surface area contributed by atoms with Gasteiger partial charge in [0.2, 0.25) is 5.91 Å². The van der Waals surface area contributed by atoms with E-state index in [1.54, 1.807) is 37.4 Å². The van der Waals surface area contributed by atoms with Crippen molar-refractivity contribution in [3.05, 3.63) is 114 Å². The minimum Gasteiger partial charge on any atom is -0.495 e. The fourth-order valence-electron chi connectivity index (χ4n) is 3.75. The number of anilines is 3. The largest absolute Gasteiger partial charge is 0.495 e. The molecule has 4 aromatic carbocycles. The SMILES string of the molecule is COc1ccccc1NC(=S)Nc1cccc(SC(C(=O)Nc2ccccc2C(F)(F)F)c2ccccc2)c1. The molecular weight excluding hydrogens is 543 g/mol. The number of benzene rings is 4. The highest BCUT2D eigenvalue weighted by atomic mass is 32.2. The van der Waals surface area contributed by atoms with Crippen molar-refractivity contribution in [3.63, 3.8) is 0 Å². The zero-order valence-corrected chi connectivity index (χ0v) is 22.3. The van der Waals surface area contributed by atoms with Crippen LogP contribution in [0.4, 0.5) is 30.2 Å². The first-order valence-corrected chi connectivity index (χ1v) is 13.0. The zero-order valence-electron chi connectivity index (χ0n) is 20.7. The van der Waals surface area contributed by atoms with Crippen LogP contribution >= 0.6 is 24.0 Å². The van der Waals surface area contributed by atoms with Gasteiger partial charge in [0, 0.05) is 10.6 Å². The summed E-state index contributed by atoms with van der Waals surface area (Å²) in [6.45, 7) is 0. The normalized spacial score (nSPS) is 11.8. The lowest BCUT2D eigenvalue weighted by molar-refractivity contribution is -0.137. The molecule has 5 nitrogen and oxygen atoms in total. The molecule has 0 fully saturated rings. The molecule has 0 saturated heterocycles. The molecular formula is C29H24F3N3O2S2. The van der Waals surface area contributed by atoms with E-state index in [0.29, 0.717) is 32.7 Å². The molecule has 0 spiro atoms. The molecule has 1 amide bonds. The van der Waals surface area contributed by atoms with Crippen LogP contribution in [-0.4, -0.2) is 18.1 Å². The Labute approximate surface area is 233 Å². The third-order valence-corrected chi connectivity index (χ3v) is 6.98. The fourth-order valence-corrected chi connectivity index (χ4v) is 5.07. The molecule has 1 unspecified atom stereocenters. The lowest BCUT2D eigenvalue weighted by atomic mass is 10.1. The van der Waals surface area contributed by atoms with Gasteiger partial charge in [-0.1, -0.05) is 60.7 Å². The average Bonchev–Trinajstić information content (AvgIpc) is 2.92. The highest BCUT2D eigenvalue weighted by molar-refractivity contribution is 8.00. The maximum Gasteiger partial charge on any atom is 0.418 e. The molecule has 0 aliphatic heterocycles. The first-order valence-electron chi connectivity index (χ1n) is 11.7. The number of thiocarbonyl (C=S) groups is 1. The molecule has 0 aromatic heterocycles. The number of methoxy groups -OCH3 is 1. The smallest absolute Gasteiger partial charge is 0.418 e. The van der Waals surface area contributed by atoms with Crippen LogP contribution in [-0.2, 0) is 11.0 Å². The van der Waals surface area contributed by atoms with Crippen LogP contribution in [0.2, 0.25) is 0 Å². The molecule has 0 saturated carbocycles. The van der Waals surface area contributed by atoms with E-state index in [0.717, 1.165) is 6.07 Å². The van der Waals surface area contributed by atoms with Gasteiger partial charge in [0.05, 0.1) is 24.0 Å². The molecule has 39 heavy (non-hydrogen) atoms. The predicted molar refractivity (Wildman–Crippen MR) is 154 cm³/mol. The monoisotopic (exact) mass is 567 g/mol. The number of carbonyl (C=O) groups is 1. The number of halogens is 3. The number of hydrogen-bond acceptors (Lipinski definition) is 4. The maximum atomic E-state index is 13.5. The van der Waals surface area contributed by atoms with Gasteiger partial charge in [-0.15, -0.1) is 11.8 Å². The highest BCUT2D eigenvalue weighted by Gasteiger charge is 2.34. The van der Waals surface area contributed by atoms with Crippen molar-refractivity contribution in [1.82, 2.24) is 0 Å². The average molecular weight is 568 g/mol. The van der Waals surface area contributed by atoms with E-state index in [9.17, 15) is 18.0 Å². The Morgan fingerprint density at radius 3 is 2.21 bits per heavy atom. The molecule has 0 radical (unpaired) electrons. The van der Waals surface area contributed by atoms with Gasteiger partial charge in [-0.3, -0.25) is 4.79 Å². The molecule has 0 aliphatic carbocycles. The van der Waals surface area contributed by atoms with Gasteiger partial charge in [-0.25, -0.2) is 0 Å². The van der Waals surface area contributed by atoms with E-state index < -0.39 is 22.9 Å². The Morgan fingerprint density at radius 2 is 1.49 bits per heavy atom. The lowest BCUT2D eigenvalue weighted by Gasteiger charge is -2.20. The van der Waals surface area contributed by atoms with Crippen molar-refractivity contribution in [2.75, 3.05) is 23.1 Å². The predicted octanol–water partition coefficient (Wildman–Crippen LogP) is 8.00. The van der Waals surface area contributed by atoms with Gasteiger partial charge >= 0.3 is 6.18 Å². The molecule has 4 rings (SSSR count). The fraction of sp³-hybridized carbons (Fsp3) is 0.103. The summed E-state index contributed by atoms with van der Waals surface area (Å²) >= 11 is 6.67. The number of nitrogens with one attached hydrogen (secondary N) is 3. The summed E-state index contributed by atoms with van der Waals surface area (Å²) in [5.41, 5.74) is 0.818. The summed E-state index contributed by atoms with van der Waals surface area (Å²) in [5, 5.41) is 8.21. The number of rotatable bonds is 8. The van der Waals surface area contributed by atoms with E-state index in [4.69, 9.17) is 17.0 Å². The van der Waals surface area contributed by atoms with Gasteiger partial charge in [-0.2, -0.15) is 13.2 Å². The quantitative estimate of drug-likeness (QED) is 0.148. The molecule has 0 heterocycles. The third kappa shape index (κ3) is 7.52. The summed E-state index contributed by atoms with van der Waals surface area (Å²) in [6.07, 6.45) is -4.60. The van der Waals surface area contributed by atoms with Crippen LogP contribution in [0.3, 0.4) is 0 Å². The van der Waals surface area contributed by atoms with Gasteiger partial charge < -0.3 is 20.7 Å². The minimum atomic E-state index is -4.60. The van der Waals surface area contributed by atoms with Crippen molar-refractivity contribution >= 4 is 52.1 Å². The Bertz CT molecular complexity index is 1450. The Hall–Kier alpha value is -4.02. The van der Waals surface area contributed by atoms with E-state index in [1.807, 2.05) is 48.5 Å². The van der Waals surface area contributed by atoms with Crippen LogP contribution < -0.4 is 20.7 Å². The Balaban J connectivity index is 1.53. The van der Waals surface area contributed by atoms with E-state index >= 15 is 0 Å². The van der Waals surface area contributed by atoms with Gasteiger partial charge in [0.15, 0.2) is 5.11 Å². The van der Waals surface area contributed by atoms with Gasteiger partial charge in [0.1, 0.15) is 11.0 Å². The second-order valence-electron chi connectivity index (χ2n) is 8.25. The minimum absolute atomic E-state index is 0.292. The number of amides is 1. The summed E-state index contributed by atoms with van der Waals surface area (Å²) < 4.78 is 45.9. The number of para-hydroxylation sites is 3. The standard InChI is InChI=1S/C29H24F3N3O2S2/c1-37-25-17-8-7-16-24(25)35-28(38)33-20-12-9-13-21(18-20)39-26(19-10-3-2-4-11-19)27(36)34-23-15-6-5-14-22(23)29(30,31)32/h2-18,26H,1H3,(H,34,36)(H2,33,35,38). The molecule has 3 N–H and O–H groups in total. The highest BCUT2D eigenvalue weighted by Crippen LogP contribution is 2.39. The Kier molecular flexibility index (Phi) is 9.11.